The molecule has 2 amide bonds. The molecule has 7 heteroatoms. The number of halogens is 1. The highest BCUT2D eigenvalue weighted by atomic mass is 19.1. The number of ether oxygens (including phenoxy) is 1. The first-order valence-electron chi connectivity index (χ1n) is 8.31. The van der Waals surface area contributed by atoms with Crippen LogP contribution < -0.4 is 0 Å². The van der Waals surface area contributed by atoms with Crippen molar-refractivity contribution in [1.29, 1.82) is 0 Å². The highest BCUT2D eigenvalue weighted by molar-refractivity contribution is 6.22. The van der Waals surface area contributed by atoms with Crippen LogP contribution in [0, 0.1) is 5.82 Å². The number of benzene rings is 2. The van der Waals surface area contributed by atoms with Crippen LogP contribution >= 0.6 is 0 Å². The Morgan fingerprint density at radius 2 is 1.81 bits per heavy atom. The Hall–Kier alpha value is -3.48. The Bertz CT molecular complexity index is 1050. The third kappa shape index (κ3) is 2.68. The normalized spacial score (nSPS) is 14.5. The molecule has 27 heavy (non-hydrogen) atoms. The molecule has 0 aliphatic carbocycles. The highest BCUT2D eigenvalue weighted by Gasteiger charge is 2.43. The standard InChI is InChI=1S/C20H15FN2O4/c1-27-20(26)17(8-11-10-22-16-7-6-12(21)9-15(11)16)23-18(24)13-4-2-3-5-14(13)19(23)25/h2-7,9-10,17,22H,8H2,1H3. The lowest BCUT2D eigenvalue weighted by Gasteiger charge is -2.23. The number of hydrogen-bond donors (Lipinski definition) is 1. The number of aromatic amines is 1. The lowest BCUT2D eigenvalue weighted by molar-refractivity contribution is -0.145. The molecule has 1 unspecified atom stereocenters. The summed E-state index contributed by atoms with van der Waals surface area (Å²) in [5.41, 5.74) is 1.80. The van der Waals surface area contributed by atoms with Gasteiger partial charge in [0, 0.05) is 23.5 Å². The van der Waals surface area contributed by atoms with Gasteiger partial charge in [-0.15, -0.1) is 0 Å². The van der Waals surface area contributed by atoms with Crippen LogP contribution in [0.2, 0.25) is 0 Å². The van der Waals surface area contributed by atoms with Crippen molar-refractivity contribution in [3.8, 4) is 0 Å². The summed E-state index contributed by atoms with van der Waals surface area (Å²) in [6.45, 7) is 0. The number of hydrogen-bond acceptors (Lipinski definition) is 4. The van der Waals surface area contributed by atoms with E-state index in [2.05, 4.69) is 4.98 Å². The molecule has 6 nitrogen and oxygen atoms in total. The molecule has 0 fully saturated rings. The molecule has 2 heterocycles. The molecule has 2 aromatic carbocycles. The molecule has 0 spiro atoms. The first-order chi connectivity index (χ1) is 13.0. The third-order valence-electron chi connectivity index (χ3n) is 4.75. The Morgan fingerprint density at radius 3 is 2.44 bits per heavy atom. The molecule has 1 aliphatic rings. The molecule has 1 aromatic heterocycles. The average Bonchev–Trinajstić information content (AvgIpc) is 3.18. The Balaban J connectivity index is 1.75. The summed E-state index contributed by atoms with van der Waals surface area (Å²) in [6, 6.07) is 9.51. The minimum atomic E-state index is -1.15. The lowest BCUT2D eigenvalue weighted by Crippen LogP contribution is -2.46. The van der Waals surface area contributed by atoms with Gasteiger partial charge in [0.2, 0.25) is 0 Å². The molecule has 0 saturated heterocycles. The van der Waals surface area contributed by atoms with E-state index in [1.54, 1.807) is 36.5 Å². The van der Waals surface area contributed by atoms with Crippen molar-refractivity contribution in [2.45, 2.75) is 12.5 Å². The zero-order valence-electron chi connectivity index (χ0n) is 14.4. The molecule has 136 valence electrons. The number of carbonyl (C=O) groups excluding carboxylic acids is 3. The van der Waals surface area contributed by atoms with Crippen molar-refractivity contribution >= 4 is 28.7 Å². The Morgan fingerprint density at radius 1 is 1.15 bits per heavy atom. The van der Waals surface area contributed by atoms with Crippen LogP contribution in [0.15, 0.2) is 48.7 Å². The fourth-order valence-electron chi connectivity index (χ4n) is 3.43. The van der Waals surface area contributed by atoms with E-state index in [0.717, 1.165) is 4.90 Å². The van der Waals surface area contributed by atoms with Crippen molar-refractivity contribution in [2.24, 2.45) is 0 Å². The number of H-pyrrole nitrogens is 1. The van der Waals surface area contributed by atoms with Gasteiger partial charge >= 0.3 is 5.97 Å². The van der Waals surface area contributed by atoms with Gasteiger partial charge < -0.3 is 9.72 Å². The zero-order chi connectivity index (χ0) is 19.1. The Labute approximate surface area is 153 Å². The minimum absolute atomic E-state index is 0.0155. The molecule has 4 rings (SSSR count). The van der Waals surface area contributed by atoms with Crippen LogP contribution in [0.4, 0.5) is 4.39 Å². The van der Waals surface area contributed by atoms with Crippen molar-refractivity contribution in [3.05, 3.63) is 71.2 Å². The molecule has 0 bridgehead atoms. The predicted octanol–water partition coefficient (Wildman–Crippen LogP) is 2.69. The number of aromatic nitrogens is 1. The Kier molecular flexibility index (Phi) is 3.99. The van der Waals surface area contributed by atoms with E-state index in [-0.39, 0.29) is 17.5 Å². The van der Waals surface area contributed by atoms with Crippen molar-refractivity contribution in [3.63, 3.8) is 0 Å². The van der Waals surface area contributed by atoms with Gasteiger partial charge in [-0.05, 0) is 35.9 Å². The number of rotatable bonds is 4. The van der Waals surface area contributed by atoms with Crippen LogP contribution in [0.5, 0.6) is 0 Å². The summed E-state index contributed by atoms with van der Waals surface area (Å²) in [5, 5.41) is 0.584. The quantitative estimate of drug-likeness (QED) is 0.569. The maximum Gasteiger partial charge on any atom is 0.329 e. The molecule has 1 aliphatic heterocycles. The van der Waals surface area contributed by atoms with Gasteiger partial charge in [-0.2, -0.15) is 0 Å². The van der Waals surface area contributed by atoms with E-state index >= 15 is 0 Å². The summed E-state index contributed by atoms with van der Waals surface area (Å²) < 4.78 is 18.5. The van der Waals surface area contributed by atoms with E-state index in [0.29, 0.717) is 16.5 Å². The van der Waals surface area contributed by atoms with Gasteiger partial charge in [0.25, 0.3) is 11.8 Å². The first-order valence-corrected chi connectivity index (χ1v) is 8.31. The number of nitrogens with zero attached hydrogens (tertiary/aromatic N) is 1. The summed E-state index contributed by atoms with van der Waals surface area (Å²) >= 11 is 0. The SMILES string of the molecule is COC(=O)C(Cc1c[nH]c2ccc(F)cc12)N1C(=O)c2ccccc2C1=O. The van der Waals surface area contributed by atoms with Gasteiger partial charge in [-0.3, -0.25) is 14.5 Å². The number of nitrogens with one attached hydrogen (secondary N) is 1. The monoisotopic (exact) mass is 366 g/mol. The number of amides is 2. The smallest absolute Gasteiger partial charge is 0.329 e. The molecule has 0 saturated carbocycles. The van der Waals surface area contributed by atoms with E-state index in [4.69, 9.17) is 4.74 Å². The van der Waals surface area contributed by atoms with Crippen molar-refractivity contribution in [1.82, 2.24) is 9.88 Å². The number of carbonyl (C=O) groups is 3. The van der Waals surface area contributed by atoms with Gasteiger partial charge in [-0.25, -0.2) is 9.18 Å². The predicted molar refractivity (Wildman–Crippen MR) is 94.7 cm³/mol. The van der Waals surface area contributed by atoms with E-state index < -0.39 is 29.6 Å². The summed E-state index contributed by atoms with van der Waals surface area (Å²) in [5.74, 6) is -2.22. The fraction of sp³-hybridized carbons (Fsp3) is 0.150. The summed E-state index contributed by atoms with van der Waals surface area (Å²) in [7, 11) is 1.20. The molecular formula is C20H15FN2O4. The van der Waals surface area contributed by atoms with E-state index in [1.807, 2.05) is 0 Å². The largest absolute Gasteiger partial charge is 0.467 e. The first kappa shape index (κ1) is 17.0. The zero-order valence-corrected chi connectivity index (χ0v) is 14.4. The molecule has 1 N–H and O–H groups in total. The second-order valence-electron chi connectivity index (χ2n) is 6.27. The third-order valence-corrected chi connectivity index (χ3v) is 4.75. The molecular weight excluding hydrogens is 351 g/mol. The van der Waals surface area contributed by atoms with Crippen LogP contribution in [-0.4, -0.2) is 40.8 Å². The lowest BCUT2D eigenvalue weighted by atomic mass is 10.0. The van der Waals surface area contributed by atoms with Crippen LogP contribution in [0.25, 0.3) is 10.9 Å². The number of imide groups is 1. The number of esters is 1. The van der Waals surface area contributed by atoms with Gasteiger partial charge in [0.1, 0.15) is 11.9 Å². The molecule has 3 aromatic rings. The second kappa shape index (κ2) is 6.35. The summed E-state index contributed by atoms with van der Waals surface area (Å²) in [6.07, 6.45) is 1.65. The topological polar surface area (TPSA) is 79.5 Å². The van der Waals surface area contributed by atoms with Gasteiger partial charge in [-0.1, -0.05) is 12.1 Å². The molecule has 0 radical (unpaired) electrons. The number of methoxy groups -OCH3 is 1. The van der Waals surface area contributed by atoms with Gasteiger partial charge in [0.15, 0.2) is 0 Å². The summed E-state index contributed by atoms with van der Waals surface area (Å²) in [4.78, 5) is 41.8. The maximum absolute atomic E-state index is 13.6. The van der Waals surface area contributed by atoms with Crippen LogP contribution in [0.1, 0.15) is 26.3 Å². The van der Waals surface area contributed by atoms with Crippen molar-refractivity contribution in [2.75, 3.05) is 7.11 Å². The highest BCUT2D eigenvalue weighted by Crippen LogP contribution is 2.28. The second-order valence-corrected chi connectivity index (χ2v) is 6.27. The molecule has 1 atom stereocenters. The van der Waals surface area contributed by atoms with Crippen molar-refractivity contribution < 1.29 is 23.5 Å². The van der Waals surface area contributed by atoms with E-state index in [9.17, 15) is 18.8 Å². The van der Waals surface area contributed by atoms with Crippen LogP contribution in [0.3, 0.4) is 0 Å². The fourth-order valence-corrected chi connectivity index (χ4v) is 3.43. The van der Waals surface area contributed by atoms with Crippen LogP contribution in [-0.2, 0) is 16.0 Å². The van der Waals surface area contributed by atoms with Gasteiger partial charge in [0.05, 0.1) is 18.2 Å². The number of fused-ring (bicyclic) bond motifs is 2. The van der Waals surface area contributed by atoms with E-state index in [1.165, 1.54) is 19.2 Å². The maximum atomic E-state index is 13.6. The minimum Gasteiger partial charge on any atom is -0.467 e. The average molecular weight is 366 g/mol.